The van der Waals surface area contributed by atoms with Crippen LogP contribution in [0.4, 0.5) is 11.7 Å². The minimum atomic E-state index is -0.0963. The predicted octanol–water partition coefficient (Wildman–Crippen LogP) is 2.84. The minimum Gasteiger partial charge on any atom is -0.423 e. The van der Waals surface area contributed by atoms with Crippen LogP contribution in [0.2, 0.25) is 0 Å². The molecule has 0 saturated heterocycles. The van der Waals surface area contributed by atoms with E-state index in [1.165, 1.54) is 0 Å². The van der Waals surface area contributed by atoms with Crippen molar-refractivity contribution in [1.82, 2.24) is 9.97 Å². The first-order valence-electron chi connectivity index (χ1n) is 6.80. The number of carbonyl (C=O) groups excluding carboxylic acids is 1. The normalized spacial score (nSPS) is 10.9. The van der Waals surface area contributed by atoms with Crippen molar-refractivity contribution in [2.24, 2.45) is 0 Å². The number of carbonyl (C=O) groups is 1. The Morgan fingerprint density at radius 1 is 1.36 bits per heavy atom. The van der Waals surface area contributed by atoms with Crippen LogP contribution < -0.4 is 10.2 Å². The van der Waals surface area contributed by atoms with E-state index < -0.39 is 0 Å². The summed E-state index contributed by atoms with van der Waals surface area (Å²) >= 11 is 1.54. The highest BCUT2D eigenvalue weighted by molar-refractivity contribution is 7.09. The number of amides is 1. The molecule has 0 unspecified atom stereocenters. The number of fused-ring (bicyclic) bond motifs is 1. The van der Waals surface area contributed by atoms with Gasteiger partial charge in [-0.1, -0.05) is 0 Å². The number of anilines is 2. The Kier molecular flexibility index (Phi) is 3.81. The smallest absolute Gasteiger partial charge is 0.297 e. The molecular formula is C15H16N4O2S. The number of nitrogens with zero attached hydrogens (tertiary/aromatic N) is 3. The van der Waals surface area contributed by atoms with E-state index in [-0.39, 0.29) is 12.3 Å². The summed E-state index contributed by atoms with van der Waals surface area (Å²) in [6.45, 7) is 1.92. The van der Waals surface area contributed by atoms with Crippen molar-refractivity contribution in [1.29, 1.82) is 0 Å². The fourth-order valence-corrected chi connectivity index (χ4v) is 2.66. The zero-order chi connectivity index (χ0) is 15.7. The molecule has 0 atom stereocenters. The van der Waals surface area contributed by atoms with E-state index in [1.807, 2.05) is 26.4 Å². The molecule has 1 aromatic carbocycles. The van der Waals surface area contributed by atoms with Crippen molar-refractivity contribution < 1.29 is 9.21 Å². The fourth-order valence-electron chi connectivity index (χ4n) is 2.04. The molecule has 0 bridgehead atoms. The molecule has 3 aromatic rings. The lowest BCUT2D eigenvalue weighted by atomic mass is 10.2. The van der Waals surface area contributed by atoms with Gasteiger partial charge in [-0.15, -0.1) is 11.3 Å². The van der Waals surface area contributed by atoms with Gasteiger partial charge in [0.1, 0.15) is 5.52 Å². The Morgan fingerprint density at radius 3 is 2.86 bits per heavy atom. The van der Waals surface area contributed by atoms with Gasteiger partial charge in [-0.2, -0.15) is 4.98 Å². The monoisotopic (exact) mass is 316 g/mol. The van der Waals surface area contributed by atoms with Crippen molar-refractivity contribution in [3.8, 4) is 0 Å². The van der Waals surface area contributed by atoms with Crippen LogP contribution in [0.1, 0.15) is 10.7 Å². The molecule has 7 heteroatoms. The summed E-state index contributed by atoms with van der Waals surface area (Å²) in [5.41, 5.74) is 2.89. The first-order chi connectivity index (χ1) is 10.5. The summed E-state index contributed by atoms with van der Waals surface area (Å²) in [5, 5.41) is 5.72. The van der Waals surface area contributed by atoms with E-state index in [0.29, 0.717) is 22.8 Å². The van der Waals surface area contributed by atoms with Gasteiger partial charge in [-0.05, 0) is 25.1 Å². The van der Waals surface area contributed by atoms with Gasteiger partial charge in [0.15, 0.2) is 5.58 Å². The number of benzene rings is 1. The highest BCUT2D eigenvalue weighted by Gasteiger charge is 2.10. The molecule has 22 heavy (non-hydrogen) atoms. The lowest BCUT2D eigenvalue weighted by Gasteiger charge is -2.03. The topological polar surface area (TPSA) is 71.3 Å². The standard InChI is InChI=1S/C15H16N4O2S/c1-9-16-11(8-22-9)7-14(20)17-10-4-5-13-12(6-10)18-15(21-13)19(2)3/h4-6,8H,7H2,1-3H3,(H,17,20). The van der Waals surface area contributed by atoms with Gasteiger partial charge in [0.2, 0.25) is 5.91 Å². The summed E-state index contributed by atoms with van der Waals surface area (Å²) in [7, 11) is 3.73. The van der Waals surface area contributed by atoms with Crippen LogP contribution in [0.5, 0.6) is 0 Å². The molecule has 0 spiro atoms. The van der Waals surface area contributed by atoms with Crippen LogP contribution in [0.25, 0.3) is 11.1 Å². The molecule has 0 aliphatic carbocycles. The molecule has 2 aromatic heterocycles. The second-order valence-electron chi connectivity index (χ2n) is 5.16. The van der Waals surface area contributed by atoms with Crippen molar-refractivity contribution in [2.45, 2.75) is 13.3 Å². The lowest BCUT2D eigenvalue weighted by molar-refractivity contribution is -0.115. The number of rotatable bonds is 4. The zero-order valence-corrected chi connectivity index (χ0v) is 13.4. The van der Waals surface area contributed by atoms with E-state index in [0.717, 1.165) is 10.7 Å². The number of aryl methyl sites for hydroxylation is 1. The molecule has 3 rings (SSSR count). The zero-order valence-electron chi connectivity index (χ0n) is 12.6. The van der Waals surface area contributed by atoms with Gasteiger partial charge in [-0.3, -0.25) is 4.79 Å². The number of nitrogens with one attached hydrogen (secondary N) is 1. The van der Waals surface area contributed by atoms with Crippen LogP contribution in [-0.4, -0.2) is 30.0 Å². The third-order valence-electron chi connectivity index (χ3n) is 3.05. The number of aromatic nitrogens is 2. The SMILES string of the molecule is Cc1nc(CC(=O)Nc2ccc3oc(N(C)C)nc3c2)cs1. The van der Waals surface area contributed by atoms with E-state index in [4.69, 9.17) is 4.42 Å². The van der Waals surface area contributed by atoms with Gasteiger partial charge < -0.3 is 14.6 Å². The van der Waals surface area contributed by atoms with Gasteiger partial charge >= 0.3 is 0 Å². The third kappa shape index (κ3) is 3.09. The maximum Gasteiger partial charge on any atom is 0.297 e. The summed E-state index contributed by atoms with van der Waals surface area (Å²) in [6, 6.07) is 5.95. The van der Waals surface area contributed by atoms with E-state index in [2.05, 4.69) is 15.3 Å². The third-order valence-corrected chi connectivity index (χ3v) is 3.87. The van der Waals surface area contributed by atoms with E-state index in [1.54, 1.807) is 34.4 Å². The maximum atomic E-state index is 12.0. The largest absolute Gasteiger partial charge is 0.423 e. The average Bonchev–Trinajstić information content (AvgIpc) is 3.04. The van der Waals surface area contributed by atoms with Gasteiger partial charge in [0.05, 0.1) is 17.1 Å². The molecule has 0 fully saturated rings. The first kappa shape index (κ1) is 14.5. The van der Waals surface area contributed by atoms with Crippen LogP contribution in [-0.2, 0) is 11.2 Å². The van der Waals surface area contributed by atoms with Gasteiger partial charge in [-0.25, -0.2) is 4.98 Å². The maximum absolute atomic E-state index is 12.0. The number of oxazole rings is 1. The molecule has 1 N–H and O–H groups in total. The summed E-state index contributed by atoms with van der Waals surface area (Å²) in [4.78, 5) is 22.5. The number of hydrogen-bond donors (Lipinski definition) is 1. The fraction of sp³-hybridized carbons (Fsp3) is 0.267. The van der Waals surface area contributed by atoms with E-state index >= 15 is 0 Å². The van der Waals surface area contributed by atoms with Crippen LogP contribution in [0.3, 0.4) is 0 Å². The molecular weight excluding hydrogens is 300 g/mol. The quantitative estimate of drug-likeness (QED) is 0.801. The van der Waals surface area contributed by atoms with Crippen LogP contribution >= 0.6 is 11.3 Å². The van der Waals surface area contributed by atoms with Crippen molar-refractivity contribution in [2.75, 3.05) is 24.3 Å². The highest BCUT2D eigenvalue weighted by atomic mass is 32.1. The molecule has 0 radical (unpaired) electrons. The minimum absolute atomic E-state index is 0.0963. The Bertz CT molecular complexity index is 822. The number of hydrogen-bond acceptors (Lipinski definition) is 6. The summed E-state index contributed by atoms with van der Waals surface area (Å²) < 4.78 is 5.58. The molecule has 0 aliphatic heterocycles. The molecule has 0 saturated carbocycles. The van der Waals surface area contributed by atoms with Crippen LogP contribution in [0.15, 0.2) is 28.0 Å². The molecule has 6 nitrogen and oxygen atoms in total. The number of thiazole rings is 1. The summed E-state index contributed by atoms with van der Waals surface area (Å²) in [6.07, 6.45) is 0.268. The highest BCUT2D eigenvalue weighted by Crippen LogP contribution is 2.23. The van der Waals surface area contributed by atoms with Crippen LogP contribution in [0, 0.1) is 6.92 Å². The lowest BCUT2D eigenvalue weighted by Crippen LogP contribution is -2.14. The van der Waals surface area contributed by atoms with Crippen molar-refractivity contribution in [3.63, 3.8) is 0 Å². The molecule has 114 valence electrons. The Balaban J connectivity index is 1.74. The Hall–Kier alpha value is -2.41. The van der Waals surface area contributed by atoms with Gasteiger partial charge in [0.25, 0.3) is 6.01 Å². The molecule has 1 amide bonds. The molecule has 2 heterocycles. The molecule has 0 aliphatic rings. The average molecular weight is 316 g/mol. The first-order valence-corrected chi connectivity index (χ1v) is 7.68. The van der Waals surface area contributed by atoms with Crippen molar-refractivity contribution in [3.05, 3.63) is 34.3 Å². The van der Waals surface area contributed by atoms with Crippen molar-refractivity contribution >= 4 is 40.0 Å². The second kappa shape index (κ2) is 5.76. The second-order valence-corrected chi connectivity index (χ2v) is 6.22. The van der Waals surface area contributed by atoms with Gasteiger partial charge in [0, 0.05) is 25.2 Å². The Morgan fingerprint density at radius 2 is 2.18 bits per heavy atom. The Labute approximate surface area is 131 Å². The predicted molar refractivity (Wildman–Crippen MR) is 87.5 cm³/mol. The summed E-state index contributed by atoms with van der Waals surface area (Å²) in [5.74, 6) is -0.0963. The van der Waals surface area contributed by atoms with E-state index in [9.17, 15) is 4.79 Å².